The first kappa shape index (κ1) is 16.8. The SMILES string of the molecule is C=CC(=O)O.CC(C)[SiH](C(C)C)C(C)C. The van der Waals surface area contributed by atoms with Crippen molar-refractivity contribution in [1.29, 1.82) is 0 Å². The minimum absolute atomic E-state index is 0.454. The zero-order chi connectivity index (χ0) is 12.6. The van der Waals surface area contributed by atoms with Crippen molar-refractivity contribution < 1.29 is 9.90 Å². The number of hydrogen-bond donors (Lipinski definition) is 1. The van der Waals surface area contributed by atoms with E-state index in [0.717, 1.165) is 22.7 Å². The van der Waals surface area contributed by atoms with Crippen LogP contribution >= 0.6 is 0 Å². The lowest BCUT2D eigenvalue weighted by Crippen LogP contribution is -2.24. The minimum atomic E-state index is -0.981. The second-order valence-electron chi connectivity index (χ2n) is 4.85. The lowest BCUT2D eigenvalue weighted by molar-refractivity contribution is -0.131. The molecular weight excluding hydrogens is 204 g/mol. The fourth-order valence-electron chi connectivity index (χ4n) is 2.31. The smallest absolute Gasteiger partial charge is 0.327 e. The third-order valence-corrected chi connectivity index (χ3v) is 7.10. The number of rotatable bonds is 4. The van der Waals surface area contributed by atoms with Crippen LogP contribution in [0.25, 0.3) is 0 Å². The van der Waals surface area contributed by atoms with Gasteiger partial charge in [-0.3, -0.25) is 0 Å². The molecule has 0 aromatic heterocycles. The van der Waals surface area contributed by atoms with Crippen LogP contribution in [0, 0.1) is 0 Å². The molecule has 0 bridgehead atoms. The number of hydrogen-bond acceptors (Lipinski definition) is 1. The molecule has 0 aromatic rings. The molecule has 0 radical (unpaired) electrons. The summed E-state index contributed by atoms with van der Waals surface area (Å²) in [4.78, 5) is 9.25. The average molecular weight is 230 g/mol. The van der Waals surface area contributed by atoms with Crippen molar-refractivity contribution in [1.82, 2.24) is 0 Å². The summed E-state index contributed by atoms with van der Waals surface area (Å²) in [6.45, 7) is 17.3. The predicted octanol–water partition coefficient (Wildman–Crippen LogP) is 3.70. The Morgan fingerprint density at radius 3 is 1.27 bits per heavy atom. The van der Waals surface area contributed by atoms with Gasteiger partial charge in [0, 0.05) is 14.9 Å². The second kappa shape index (κ2) is 8.71. The average Bonchev–Trinajstić information content (AvgIpc) is 2.02. The van der Waals surface area contributed by atoms with Crippen molar-refractivity contribution in [2.75, 3.05) is 0 Å². The van der Waals surface area contributed by atoms with Gasteiger partial charge in [-0.05, 0) is 0 Å². The molecule has 0 aliphatic rings. The molecule has 0 saturated heterocycles. The molecule has 0 unspecified atom stereocenters. The minimum Gasteiger partial charge on any atom is -0.478 e. The van der Waals surface area contributed by atoms with Crippen LogP contribution in [0.5, 0.6) is 0 Å². The van der Waals surface area contributed by atoms with Gasteiger partial charge in [-0.1, -0.05) is 64.7 Å². The number of carbonyl (C=O) groups is 1. The maximum absolute atomic E-state index is 9.25. The van der Waals surface area contributed by atoms with Crippen LogP contribution in [-0.4, -0.2) is 19.9 Å². The zero-order valence-electron chi connectivity index (χ0n) is 10.9. The van der Waals surface area contributed by atoms with E-state index >= 15 is 0 Å². The molecule has 0 atom stereocenters. The lowest BCUT2D eigenvalue weighted by atomic mass is 10.5. The summed E-state index contributed by atoms with van der Waals surface area (Å²) in [7, 11) is -0.454. The molecule has 0 saturated carbocycles. The van der Waals surface area contributed by atoms with Gasteiger partial charge in [-0.2, -0.15) is 0 Å². The highest BCUT2D eigenvalue weighted by Gasteiger charge is 2.22. The van der Waals surface area contributed by atoms with Gasteiger partial charge < -0.3 is 5.11 Å². The Morgan fingerprint density at radius 2 is 1.27 bits per heavy atom. The highest BCUT2D eigenvalue weighted by Crippen LogP contribution is 2.28. The zero-order valence-corrected chi connectivity index (χ0v) is 12.1. The van der Waals surface area contributed by atoms with E-state index in [9.17, 15) is 4.79 Å². The van der Waals surface area contributed by atoms with E-state index in [1.807, 2.05) is 0 Å². The van der Waals surface area contributed by atoms with Gasteiger partial charge in [-0.15, -0.1) is 0 Å². The fraction of sp³-hybridized carbons (Fsp3) is 0.750. The highest BCUT2D eigenvalue weighted by atomic mass is 28.3. The van der Waals surface area contributed by atoms with Crippen molar-refractivity contribution in [2.45, 2.75) is 58.2 Å². The Kier molecular flexibility index (Phi) is 9.78. The molecule has 0 fully saturated rings. The Morgan fingerprint density at radius 1 is 1.07 bits per heavy atom. The van der Waals surface area contributed by atoms with Gasteiger partial charge in [0.2, 0.25) is 0 Å². The first-order chi connectivity index (χ1) is 6.73. The fourth-order valence-corrected chi connectivity index (χ4v) is 6.93. The van der Waals surface area contributed by atoms with E-state index in [-0.39, 0.29) is 0 Å². The van der Waals surface area contributed by atoms with E-state index < -0.39 is 14.8 Å². The molecular formula is C12H26O2Si. The topological polar surface area (TPSA) is 37.3 Å². The summed E-state index contributed by atoms with van der Waals surface area (Å²) in [5.74, 6) is -0.981. The van der Waals surface area contributed by atoms with Gasteiger partial charge in [0.1, 0.15) is 0 Å². The van der Waals surface area contributed by atoms with Crippen molar-refractivity contribution in [3.05, 3.63) is 12.7 Å². The summed E-state index contributed by atoms with van der Waals surface area (Å²) >= 11 is 0. The van der Waals surface area contributed by atoms with Crippen LogP contribution in [0.1, 0.15) is 41.5 Å². The van der Waals surface area contributed by atoms with Crippen molar-refractivity contribution in [2.24, 2.45) is 0 Å². The standard InChI is InChI=1S/C9H22Si.C3H4O2/c1-7(2)10(8(3)4)9(5)6;1-2-3(4)5/h7-10H,1-6H3;2H,1H2,(H,4,5). The lowest BCUT2D eigenvalue weighted by Gasteiger charge is -2.26. The highest BCUT2D eigenvalue weighted by molar-refractivity contribution is 6.63. The van der Waals surface area contributed by atoms with Crippen LogP contribution in [0.4, 0.5) is 0 Å². The summed E-state index contributed by atoms with van der Waals surface area (Å²) in [6, 6.07) is 0. The molecule has 0 spiro atoms. The molecule has 3 heteroatoms. The third kappa shape index (κ3) is 9.72. The summed E-state index contributed by atoms with van der Waals surface area (Å²) < 4.78 is 0. The van der Waals surface area contributed by atoms with Crippen LogP contribution in [0.2, 0.25) is 16.6 Å². The van der Waals surface area contributed by atoms with Crippen LogP contribution in [0.3, 0.4) is 0 Å². The molecule has 0 aliphatic carbocycles. The first-order valence-corrected chi connectivity index (χ1v) is 7.59. The number of carboxylic acid groups (broad SMARTS) is 1. The van der Waals surface area contributed by atoms with E-state index in [0.29, 0.717) is 0 Å². The molecule has 0 amide bonds. The Hall–Kier alpha value is -0.573. The number of carboxylic acids is 1. The molecule has 1 N–H and O–H groups in total. The Balaban J connectivity index is 0. The quantitative estimate of drug-likeness (QED) is 0.590. The van der Waals surface area contributed by atoms with E-state index in [2.05, 4.69) is 48.1 Å². The van der Waals surface area contributed by atoms with Crippen molar-refractivity contribution in [3.63, 3.8) is 0 Å². The van der Waals surface area contributed by atoms with Gasteiger partial charge in [0.15, 0.2) is 0 Å². The molecule has 0 aliphatic heterocycles. The molecule has 2 nitrogen and oxygen atoms in total. The largest absolute Gasteiger partial charge is 0.478 e. The van der Waals surface area contributed by atoms with Crippen molar-refractivity contribution >= 4 is 14.8 Å². The maximum atomic E-state index is 9.25. The van der Waals surface area contributed by atoms with Crippen molar-refractivity contribution in [3.8, 4) is 0 Å². The van der Waals surface area contributed by atoms with Crippen LogP contribution in [-0.2, 0) is 4.79 Å². The van der Waals surface area contributed by atoms with E-state index in [1.54, 1.807) is 0 Å². The Bertz CT molecular complexity index is 167. The molecule has 15 heavy (non-hydrogen) atoms. The van der Waals surface area contributed by atoms with E-state index in [1.165, 1.54) is 0 Å². The summed E-state index contributed by atoms with van der Waals surface area (Å²) in [6.07, 6.45) is 0.833. The summed E-state index contributed by atoms with van der Waals surface area (Å²) in [5.41, 5.74) is 2.92. The third-order valence-electron chi connectivity index (χ3n) is 2.48. The second-order valence-corrected chi connectivity index (χ2v) is 10.0. The monoisotopic (exact) mass is 230 g/mol. The van der Waals surface area contributed by atoms with E-state index in [4.69, 9.17) is 5.11 Å². The predicted molar refractivity (Wildman–Crippen MR) is 70.3 cm³/mol. The summed E-state index contributed by atoms with van der Waals surface area (Å²) in [5, 5.41) is 7.60. The van der Waals surface area contributed by atoms with Gasteiger partial charge in [0.25, 0.3) is 0 Å². The van der Waals surface area contributed by atoms with Gasteiger partial charge >= 0.3 is 5.97 Å². The molecule has 0 rings (SSSR count). The van der Waals surface area contributed by atoms with Crippen LogP contribution in [0.15, 0.2) is 12.7 Å². The molecule has 0 heterocycles. The van der Waals surface area contributed by atoms with Gasteiger partial charge in [0.05, 0.1) is 0 Å². The van der Waals surface area contributed by atoms with Crippen LogP contribution < -0.4 is 0 Å². The maximum Gasteiger partial charge on any atom is 0.327 e. The Labute approximate surface area is 96.0 Å². The molecule has 0 aromatic carbocycles. The number of aliphatic carboxylic acids is 1. The first-order valence-electron chi connectivity index (χ1n) is 5.59. The van der Waals surface area contributed by atoms with Gasteiger partial charge in [-0.25, -0.2) is 4.79 Å². The molecule has 90 valence electrons. The normalized spacial score (nSPS) is 10.5.